The number of carbonyl (C=O) groups excluding carboxylic acids is 1. The zero-order valence-corrected chi connectivity index (χ0v) is 18.6. The summed E-state index contributed by atoms with van der Waals surface area (Å²) in [5, 5.41) is 0.863. The van der Waals surface area contributed by atoms with Crippen LogP contribution in [-0.2, 0) is 0 Å². The number of para-hydroxylation sites is 3. The second-order valence-corrected chi connectivity index (χ2v) is 8.78. The van der Waals surface area contributed by atoms with Gasteiger partial charge in [0.1, 0.15) is 0 Å². The summed E-state index contributed by atoms with van der Waals surface area (Å²) in [5.74, 6) is 0.0144. The number of H-pyrrole nitrogens is 1. The number of aromatic amines is 1. The summed E-state index contributed by atoms with van der Waals surface area (Å²) in [4.78, 5) is 36.0. The van der Waals surface area contributed by atoms with E-state index < -0.39 is 0 Å². The highest BCUT2D eigenvalue weighted by Crippen LogP contribution is 2.29. The van der Waals surface area contributed by atoms with Gasteiger partial charge in [-0.3, -0.25) is 9.36 Å². The molecule has 168 valence electrons. The van der Waals surface area contributed by atoms with Crippen molar-refractivity contribution in [1.82, 2.24) is 19.4 Å². The smallest absolute Gasteiger partial charge is 0.326 e. The summed E-state index contributed by atoms with van der Waals surface area (Å²) < 4.78 is 1.85. The molecule has 0 unspecified atom stereocenters. The van der Waals surface area contributed by atoms with Crippen LogP contribution in [0.2, 0.25) is 0 Å². The molecular formula is C28H24N4O2. The van der Waals surface area contributed by atoms with E-state index in [1.165, 1.54) is 0 Å². The first-order valence-electron chi connectivity index (χ1n) is 11.6. The number of likely N-dealkylation sites (tertiary alicyclic amines) is 1. The Kier molecular flexibility index (Phi) is 4.99. The molecule has 0 spiro atoms. The normalized spacial score (nSPS) is 14.6. The number of nitrogens with one attached hydrogen (secondary N) is 1. The topological polar surface area (TPSA) is 71.0 Å². The van der Waals surface area contributed by atoms with E-state index in [1.807, 2.05) is 94.4 Å². The molecule has 1 amide bonds. The van der Waals surface area contributed by atoms with Crippen LogP contribution >= 0.6 is 0 Å². The third kappa shape index (κ3) is 3.48. The lowest BCUT2D eigenvalue weighted by Crippen LogP contribution is -2.40. The number of rotatable bonds is 3. The molecule has 1 aliphatic rings. The molecule has 34 heavy (non-hydrogen) atoms. The van der Waals surface area contributed by atoms with Crippen LogP contribution in [0.1, 0.15) is 29.2 Å². The lowest BCUT2D eigenvalue weighted by molar-refractivity contribution is 0.0697. The van der Waals surface area contributed by atoms with Gasteiger partial charge in [0, 0.05) is 30.1 Å². The van der Waals surface area contributed by atoms with Crippen molar-refractivity contribution < 1.29 is 4.79 Å². The number of hydrogen-bond donors (Lipinski definition) is 1. The van der Waals surface area contributed by atoms with Crippen molar-refractivity contribution in [2.75, 3.05) is 13.1 Å². The first kappa shape index (κ1) is 20.4. The minimum absolute atomic E-state index is 0.0144. The highest BCUT2D eigenvalue weighted by Gasteiger charge is 2.27. The van der Waals surface area contributed by atoms with E-state index in [4.69, 9.17) is 4.98 Å². The lowest BCUT2D eigenvalue weighted by atomic mass is 10.0. The van der Waals surface area contributed by atoms with Crippen molar-refractivity contribution in [3.05, 3.63) is 101 Å². The SMILES string of the molecule is O=C(c1cc(-c2ccccc2)nc2ccccc12)N1CCC(n2c(=O)[nH]c3ccccc32)CC1. The van der Waals surface area contributed by atoms with Gasteiger partial charge in [-0.25, -0.2) is 9.78 Å². The number of hydrogen-bond acceptors (Lipinski definition) is 3. The molecule has 6 nitrogen and oxygen atoms in total. The molecule has 0 bridgehead atoms. The molecule has 1 saturated heterocycles. The molecule has 5 aromatic rings. The van der Waals surface area contributed by atoms with E-state index in [9.17, 15) is 9.59 Å². The van der Waals surface area contributed by atoms with Crippen LogP contribution in [0.3, 0.4) is 0 Å². The Morgan fingerprint density at radius 2 is 1.59 bits per heavy atom. The largest absolute Gasteiger partial charge is 0.338 e. The van der Waals surface area contributed by atoms with Gasteiger partial charge in [0.2, 0.25) is 0 Å². The van der Waals surface area contributed by atoms with Gasteiger partial charge < -0.3 is 9.88 Å². The number of aromatic nitrogens is 3. The average molecular weight is 449 g/mol. The fourth-order valence-electron chi connectivity index (χ4n) is 5.04. The fourth-order valence-corrected chi connectivity index (χ4v) is 5.04. The minimum atomic E-state index is -0.0846. The Hall–Kier alpha value is -4.19. The molecule has 3 heterocycles. The second kappa shape index (κ2) is 8.30. The number of fused-ring (bicyclic) bond motifs is 2. The maximum Gasteiger partial charge on any atom is 0.326 e. The summed E-state index contributed by atoms with van der Waals surface area (Å²) in [6.07, 6.45) is 1.48. The summed E-state index contributed by atoms with van der Waals surface area (Å²) in [6.45, 7) is 1.21. The molecule has 1 N–H and O–H groups in total. The van der Waals surface area contributed by atoms with E-state index in [2.05, 4.69) is 4.98 Å². The van der Waals surface area contributed by atoms with Crippen LogP contribution in [-0.4, -0.2) is 38.4 Å². The number of piperidine rings is 1. The molecule has 0 atom stereocenters. The van der Waals surface area contributed by atoms with Gasteiger partial charge in [0.05, 0.1) is 27.8 Å². The van der Waals surface area contributed by atoms with Crippen LogP contribution in [0.15, 0.2) is 89.7 Å². The Balaban J connectivity index is 1.30. The number of nitrogens with zero attached hydrogens (tertiary/aromatic N) is 3. The van der Waals surface area contributed by atoms with E-state index >= 15 is 0 Å². The van der Waals surface area contributed by atoms with Crippen molar-refractivity contribution in [3.63, 3.8) is 0 Å². The second-order valence-electron chi connectivity index (χ2n) is 8.78. The van der Waals surface area contributed by atoms with E-state index in [-0.39, 0.29) is 17.6 Å². The van der Waals surface area contributed by atoms with Gasteiger partial charge >= 0.3 is 5.69 Å². The fraction of sp³-hybridized carbons (Fsp3) is 0.179. The molecule has 2 aromatic heterocycles. The average Bonchev–Trinajstić information content (AvgIpc) is 3.24. The predicted molar refractivity (Wildman–Crippen MR) is 134 cm³/mol. The molecule has 1 fully saturated rings. The highest BCUT2D eigenvalue weighted by molar-refractivity contribution is 6.07. The third-order valence-corrected chi connectivity index (χ3v) is 6.76. The molecule has 0 radical (unpaired) electrons. The molecule has 6 heteroatoms. The van der Waals surface area contributed by atoms with E-state index in [0.29, 0.717) is 18.7 Å². The summed E-state index contributed by atoms with van der Waals surface area (Å²) in [5.41, 5.74) is 4.95. The quantitative estimate of drug-likeness (QED) is 0.421. The molecular weight excluding hydrogens is 424 g/mol. The Labute approximate surface area is 196 Å². The molecule has 0 saturated carbocycles. The Morgan fingerprint density at radius 1 is 0.882 bits per heavy atom. The molecule has 6 rings (SSSR count). The summed E-state index contributed by atoms with van der Waals surface area (Å²) in [6, 6.07) is 27.5. The van der Waals surface area contributed by atoms with Crippen molar-refractivity contribution >= 4 is 27.8 Å². The van der Waals surface area contributed by atoms with Gasteiger partial charge in [-0.15, -0.1) is 0 Å². The first-order chi connectivity index (χ1) is 16.7. The number of carbonyl (C=O) groups is 1. The number of imidazole rings is 1. The molecule has 1 aliphatic heterocycles. The molecule has 3 aromatic carbocycles. The summed E-state index contributed by atoms with van der Waals surface area (Å²) >= 11 is 0. The van der Waals surface area contributed by atoms with Crippen LogP contribution < -0.4 is 5.69 Å². The van der Waals surface area contributed by atoms with Gasteiger partial charge in [0.15, 0.2) is 0 Å². The lowest BCUT2D eigenvalue weighted by Gasteiger charge is -2.33. The third-order valence-electron chi connectivity index (χ3n) is 6.76. The van der Waals surface area contributed by atoms with Crippen LogP contribution in [0.5, 0.6) is 0 Å². The van der Waals surface area contributed by atoms with Crippen LogP contribution in [0.25, 0.3) is 33.2 Å². The number of amides is 1. The maximum atomic E-state index is 13.7. The Morgan fingerprint density at radius 3 is 2.41 bits per heavy atom. The van der Waals surface area contributed by atoms with Crippen molar-refractivity contribution in [2.24, 2.45) is 0 Å². The zero-order chi connectivity index (χ0) is 23.1. The van der Waals surface area contributed by atoms with Gasteiger partial charge in [-0.05, 0) is 37.1 Å². The number of pyridine rings is 1. The van der Waals surface area contributed by atoms with Crippen LogP contribution in [0.4, 0.5) is 0 Å². The monoisotopic (exact) mass is 448 g/mol. The first-order valence-corrected chi connectivity index (χ1v) is 11.6. The molecule has 0 aliphatic carbocycles. The Bertz CT molecular complexity index is 1560. The predicted octanol–water partition coefficient (Wildman–Crippen LogP) is 5.02. The van der Waals surface area contributed by atoms with Crippen molar-refractivity contribution in [3.8, 4) is 11.3 Å². The van der Waals surface area contributed by atoms with Gasteiger partial charge in [0.25, 0.3) is 5.91 Å². The minimum Gasteiger partial charge on any atom is -0.338 e. The highest BCUT2D eigenvalue weighted by atomic mass is 16.2. The van der Waals surface area contributed by atoms with Crippen molar-refractivity contribution in [2.45, 2.75) is 18.9 Å². The van der Waals surface area contributed by atoms with Crippen molar-refractivity contribution in [1.29, 1.82) is 0 Å². The maximum absolute atomic E-state index is 13.7. The number of benzene rings is 3. The van der Waals surface area contributed by atoms with Crippen LogP contribution in [0, 0.1) is 0 Å². The summed E-state index contributed by atoms with van der Waals surface area (Å²) in [7, 11) is 0. The van der Waals surface area contributed by atoms with E-state index in [0.717, 1.165) is 46.0 Å². The van der Waals surface area contributed by atoms with E-state index in [1.54, 1.807) is 0 Å². The zero-order valence-electron chi connectivity index (χ0n) is 18.6. The van der Waals surface area contributed by atoms with Gasteiger partial charge in [-0.1, -0.05) is 60.7 Å². The standard InChI is InChI=1S/C28H24N4O2/c33-27(22-18-25(19-8-2-1-3-9-19)29-23-11-5-4-10-21(22)23)31-16-14-20(15-17-31)32-26-13-7-6-12-24(26)30-28(32)34/h1-13,18,20H,14-17H2,(H,30,34). The van der Waals surface area contributed by atoms with Gasteiger partial charge in [-0.2, -0.15) is 0 Å².